The molecule has 0 heterocycles. The Balaban J connectivity index is -0.0000000994. The number of carboxylic acid groups (broad SMARTS) is 3. The molecule has 0 spiro atoms. The molecule has 0 unspecified atom stereocenters. The molecule has 0 saturated carbocycles. The Bertz CT molecular complexity index is 301. The van der Waals surface area contributed by atoms with E-state index in [2.05, 4.69) is 19.7 Å². The summed E-state index contributed by atoms with van der Waals surface area (Å²) in [5, 5.41) is 38.9. The molecule has 0 bridgehead atoms. The normalized spacial score (nSPS) is 7.50. The van der Waals surface area contributed by atoms with Crippen LogP contribution < -0.4 is 0 Å². The van der Waals surface area contributed by atoms with Crippen LogP contribution in [0.25, 0.3) is 0 Å². The third kappa shape index (κ3) is 43.2. The van der Waals surface area contributed by atoms with Crippen LogP contribution in [-0.2, 0) is 14.4 Å². The van der Waals surface area contributed by atoms with E-state index in [1.54, 1.807) is 0 Å². The molecule has 0 radical (unpaired) electrons. The summed E-state index contributed by atoms with van der Waals surface area (Å²) in [4.78, 5) is 28.8. The second-order valence-electron chi connectivity index (χ2n) is 3.70. The van der Waals surface area contributed by atoms with Crippen molar-refractivity contribution in [1.29, 1.82) is 0 Å². The molecule has 5 N–H and O–H groups in total. The summed E-state index contributed by atoms with van der Waals surface area (Å²) in [6.45, 7) is 13.6. The van der Waals surface area contributed by atoms with Crippen LogP contribution in [0.2, 0.25) is 0 Å². The van der Waals surface area contributed by atoms with Crippen LogP contribution in [0.15, 0.2) is 36.5 Å². The van der Waals surface area contributed by atoms with Gasteiger partial charge in [-0.15, -0.1) is 0 Å². The Morgan fingerprint density at radius 1 is 0.636 bits per heavy atom. The highest BCUT2D eigenvalue weighted by Crippen LogP contribution is 1.82. The zero-order valence-corrected chi connectivity index (χ0v) is 13.0. The number of aliphatic hydroxyl groups excluding tert-OH is 2. The van der Waals surface area contributed by atoms with Gasteiger partial charge in [0, 0.05) is 16.7 Å². The first-order valence-electron chi connectivity index (χ1n) is 5.73. The van der Waals surface area contributed by atoms with Crippen molar-refractivity contribution < 1.29 is 39.9 Å². The van der Waals surface area contributed by atoms with Gasteiger partial charge in [0.1, 0.15) is 0 Å². The van der Waals surface area contributed by atoms with E-state index >= 15 is 0 Å². The molecular formula is C14H24O8. The quantitative estimate of drug-likeness (QED) is 0.479. The van der Waals surface area contributed by atoms with Crippen LogP contribution in [0.4, 0.5) is 0 Å². The number of aliphatic hydroxyl groups is 2. The number of aliphatic carboxylic acids is 3. The van der Waals surface area contributed by atoms with Crippen LogP contribution in [0, 0.1) is 0 Å². The third-order valence-corrected chi connectivity index (χ3v) is 1.20. The molecule has 128 valence electrons. The minimum atomic E-state index is -0.935. The standard InChI is InChI=1S/3C4H6O2.C2H6O2/c3*1-3(2)4(5)6;3-1-2-4/h3*1H2,2H3,(H,5,6);3-4H,1-2H2. The fourth-order valence-electron chi connectivity index (χ4n) is 0. The molecule has 22 heavy (non-hydrogen) atoms. The van der Waals surface area contributed by atoms with Gasteiger partial charge in [-0.05, 0) is 20.8 Å². The summed E-state index contributed by atoms with van der Waals surface area (Å²) < 4.78 is 0. The zero-order chi connectivity index (χ0) is 18.9. The Morgan fingerprint density at radius 2 is 0.727 bits per heavy atom. The van der Waals surface area contributed by atoms with Gasteiger partial charge in [0.05, 0.1) is 13.2 Å². The first-order valence-corrected chi connectivity index (χ1v) is 5.73. The molecule has 0 rings (SSSR count). The Hall–Kier alpha value is -2.45. The lowest BCUT2D eigenvalue weighted by atomic mass is 10.4. The van der Waals surface area contributed by atoms with E-state index in [1.807, 2.05) is 0 Å². The van der Waals surface area contributed by atoms with Crippen LogP contribution in [-0.4, -0.2) is 56.7 Å². The summed E-state index contributed by atoms with van der Waals surface area (Å²) in [5.41, 5.74) is 0.528. The van der Waals surface area contributed by atoms with E-state index in [0.29, 0.717) is 0 Å². The van der Waals surface area contributed by atoms with Crippen molar-refractivity contribution in [2.45, 2.75) is 20.8 Å². The Morgan fingerprint density at radius 3 is 0.727 bits per heavy atom. The molecule has 8 heteroatoms. The maximum atomic E-state index is 9.60. The van der Waals surface area contributed by atoms with E-state index < -0.39 is 17.9 Å². The largest absolute Gasteiger partial charge is 0.478 e. The molecule has 8 nitrogen and oxygen atoms in total. The lowest BCUT2D eigenvalue weighted by Gasteiger charge is -1.79. The average Bonchev–Trinajstić information content (AvgIpc) is 2.39. The number of carboxylic acids is 3. The molecule has 0 aliphatic rings. The van der Waals surface area contributed by atoms with Gasteiger partial charge < -0.3 is 25.5 Å². The van der Waals surface area contributed by atoms with Crippen molar-refractivity contribution in [2.75, 3.05) is 13.2 Å². The molecule has 0 atom stereocenters. The minimum absolute atomic E-state index is 0.125. The van der Waals surface area contributed by atoms with Crippen LogP contribution >= 0.6 is 0 Å². The fraction of sp³-hybridized carbons (Fsp3) is 0.357. The molecule has 0 aromatic heterocycles. The number of rotatable bonds is 4. The van der Waals surface area contributed by atoms with Gasteiger partial charge in [-0.25, -0.2) is 14.4 Å². The van der Waals surface area contributed by atoms with Crippen molar-refractivity contribution in [1.82, 2.24) is 0 Å². The SMILES string of the molecule is C=C(C)C(=O)O.C=C(C)C(=O)O.C=C(C)C(=O)O.OCCO. The van der Waals surface area contributed by atoms with Gasteiger partial charge in [0.25, 0.3) is 0 Å². The van der Waals surface area contributed by atoms with Gasteiger partial charge in [-0.1, -0.05) is 19.7 Å². The topological polar surface area (TPSA) is 152 Å². The highest BCUT2D eigenvalue weighted by molar-refractivity contribution is 5.85. The van der Waals surface area contributed by atoms with Crippen molar-refractivity contribution in [3.05, 3.63) is 36.5 Å². The van der Waals surface area contributed by atoms with Crippen molar-refractivity contribution in [3.8, 4) is 0 Å². The molecule has 0 saturated heterocycles. The maximum absolute atomic E-state index is 9.60. The molecular weight excluding hydrogens is 296 g/mol. The van der Waals surface area contributed by atoms with E-state index in [1.165, 1.54) is 20.8 Å². The van der Waals surface area contributed by atoms with E-state index in [-0.39, 0.29) is 29.9 Å². The third-order valence-electron chi connectivity index (χ3n) is 1.20. The van der Waals surface area contributed by atoms with Crippen LogP contribution in [0.1, 0.15) is 20.8 Å². The summed E-state index contributed by atoms with van der Waals surface area (Å²) in [5.74, 6) is -2.81. The smallest absolute Gasteiger partial charge is 0.330 e. The molecule has 0 aromatic carbocycles. The van der Waals surface area contributed by atoms with Crippen molar-refractivity contribution in [2.24, 2.45) is 0 Å². The summed E-state index contributed by atoms with van der Waals surface area (Å²) in [6.07, 6.45) is 0. The van der Waals surface area contributed by atoms with E-state index in [9.17, 15) is 14.4 Å². The fourth-order valence-corrected chi connectivity index (χ4v) is 0. The number of hydrogen-bond acceptors (Lipinski definition) is 5. The highest BCUT2D eigenvalue weighted by atomic mass is 16.4. The second kappa shape index (κ2) is 18.6. The van der Waals surface area contributed by atoms with Crippen LogP contribution in [0.3, 0.4) is 0 Å². The van der Waals surface area contributed by atoms with Gasteiger partial charge in [0.2, 0.25) is 0 Å². The molecule has 0 aliphatic carbocycles. The van der Waals surface area contributed by atoms with Gasteiger partial charge in [-0.3, -0.25) is 0 Å². The Labute approximate surface area is 129 Å². The van der Waals surface area contributed by atoms with Gasteiger partial charge >= 0.3 is 17.9 Å². The molecule has 0 fully saturated rings. The maximum Gasteiger partial charge on any atom is 0.330 e. The van der Waals surface area contributed by atoms with Gasteiger partial charge in [0.15, 0.2) is 0 Å². The first kappa shape index (κ1) is 27.8. The molecule has 0 amide bonds. The lowest BCUT2D eigenvalue weighted by Crippen LogP contribution is -1.92. The van der Waals surface area contributed by atoms with E-state index in [4.69, 9.17) is 25.5 Å². The minimum Gasteiger partial charge on any atom is -0.478 e. The van der Waals surface area contributed by atoms with Crippen molar-refractivity contribution >= 4 is 17.9 Å². The zero-order valence-electron chi connectivity index (χ0n) is 13.0. The monoisotopic (exact) mass is 320 g/mol. The highest BCUT2D eigenvalue weighted by Gasteiger charge is 1.91. The first-order chi connectivity index (χ1) is 9.84. The predicted octanol–water partition coefficient (Wildman–Crippen LogP) is 0.912. The Kier molecular flexibility index (Phi) is 23.5. The predicted molar refractivity (Wildman–Crippen MR) is 81.5 cm³/mol. The van der Waals surface area contributed by atoms with Gasteiger partial charge in [-0.2, -0.15) is 0 Å². The summed E-state index contributed by atoms with van der Waals surface area (Å²) >= 11 is 0. The number of hydrogen-bond donors (Lipinski definition) is 5. The van der Waals surface area contributed by atoms with Crippen molar-refractivity contribution in [3.63, 3.8) is 0 Å². The summed E-state index contributed by atoms with van der Waals surface area (Å²) in [7, 11) is 0. The lowest BCUT2D eigenvalue weighted by molar-refractivity contribution is -0.133. The van der Waals surface area contributed by atoms with Crippen LogP contribution in [0.5, 0.6) is 0 Å². The molecule has 0 aromatic rings. The molecule has 0 aliphatic heterocycles. The van der Waals surface area contributed by atoms with E-state index in [0.717, 1.165) is 0 Å². The number of carbonyl (C=O) groups is 3. The summed E-state index contributed by atoms with van der Waals surface area (Å²) in [6, 6.07) is 0. The second-order valence-corrected chi connectivity index (χ2v) is 3.70. The average molecular weight is 320 g/mol.